The summed E-state index contributed by atoms with van der Waals surface area (Å²) >= 11 is 0. The van der Waals surface area contributed by atoms with Crippen molar-refractivity contribution >= 4 is 0 Å². The van der Waals surface area contributed by atoms with E-state index in [1.807, 2.05) is 0 Å². The second kappa shape index (κ2) is 1.62. The smallest absolute Gasteiger partial charge is 0.0165 e. The Morgan fingerprint density at radius 3 is 2.56 bits per heavy atom. The van der Waals surface area contributed by atoms with E-state index in [4.69, 9.17) is 0 Å². The van der Waals surface area contributed by atoms with Crippen molar-refractivity contribution in [2.45, 2.75) is 20.3 Å². The third-order valence-corrected chi connectivity index (χ3v) is 3.06. The zero-order valence-electron chi connectivity index (χ0n) is 6.09. The number of allylic oxidation sites excluding steroid dienone is 2. The van der Waals surface area contributed by atoms with Crippen molar-refractivity contribution in [1.29, 1.82) is 0 Å². The standard InChI is InChI=1S/C9H13/c1-6-7(2)9-4-3-8(6)5-9/h3-4,6,8-9H,5H2,1-2H3. The Hall–Kier alpha value is -0.260. The molecule has 2 bridgehead atoms. The fraction of sp³-hybridized carbons (Fsp3) is 0.667. The monoisotopic (exact) mass is 121 g/mol. The van der Waals surface area contributed by atoms with Crippen LogP contribution in [0.1, 0.15) is 20.3 Å². The lowest BCUT2D eigenvalue weighted by atomic mass is 9.86. The van der Waals surface area contributed by atoms with E-state index in [9.17, 15) is 0 Å². The van der Waals surface area contributed by atoms with Gasteiger partial charge >= 0.3 is 0 Å². The highest BCUT2D eigenvalue weighted by Gasteiger charge is 2.39. The minimum absolute atomic E-state index is 0.852. The highest BCUT2D eigenvalue weighted by atomic mass is 14.4. The van der Waals surface area contributed by atoms with Gasteiger partial charge in [0.05, 0.1) is 0 Å². The molecule has 3 unspecified atom stereocenters. The Bertz CT molecular complexity index is 130. The minimum Gasteiger partial charge on any atom is -0.0848 e. The van der Waals surface area contributed by atoms with Crippen molar-refractivity contribution in [2.75, 3.05) is 0 Å². The molecule has 1 saturated carbocycles. The first-order valence-corrected chi connectivity index (χ1v) is 3.80. The summed E-state index contributed by atoms with van der Waals surface area (Å²) in [6.07, 6.45) is 6.18. The minimum atomic E-state index is 0.852. The van der Waals surface area contributed by atoms with Gasteiger partial charge in [-0.05, 0) is 30.1 Å². The molecular formula is C9H13. The SMILES string of the molecule is C[C]1C2C=CC(C2)C1C. The molecule has 0 aromatic heterocycles. The van der Waals surface area contributed by atoms with Crippen molar-refractivity contribution in [3.8, 4) is 0 Å². The summed E-state index contributed by atoms with van der Waals surface area (Å²) in [5.41, 5.74) is 0. The van der Waals surface area contributed by atoms with Gasteiger partial charge in [0.2, 0.25) is 0 Å². The van der Waals surface area contributed by atoms with Crippen LogP contribution in [0.5, 0.6) is 0 Å². The molecule has 0 aromatic rings. The summed E-state index contributed by atoms with van der Waals surface area (Å²) in [6.45, 7) is 4.66. The van der Waals surface area contributed by atoms with E-state index in [0.29, 0.717) is 0 Å². The first-order chi connectivity index (χ1) is 4.29. The van der Waals surface area contributed by atoms with Crippen LogP contribution in [-0.4, -0.2) is 0 Å². The van der Waals surface area contributed by atoms with Crippen molar-refractivity contribution in [3.05, 3.63) is 18.1 Å². The third kappa shape index (κ3) is 0.593. The molecule has 0 spiro atoms. The van der Waals surface area contributed by atoms with Crippen LogP contribution in [0.25, 0.3) is 0 Å². The molecule has 2 aliphatic carbocycles. The molecule has 2 rings (SSSR count). The average Bonchev–Trinajstić information content (AvgIpc) is 2.37. The molecular weight excluding hydrogens is 108 g/mol. The van der Waals surface area contributed by atoms with Crippen molar-refractivity contribution in [2.24, 2.45) is 17.8 Å². The summed E-state index contributed by atoms with van der Waals surface area (Å²) in [7, 11) is 0. The fourth-order valence-corrected chi connectivity index (χ4v) is 2.11. The molecule has 0 N–H and O–H groups in total. The van der Waals surface area contributed by atoms with Gasteiger partial charge < -0.3 is 0 Å². The van der Waals surface area contributed by atoms with Gasteiger partial charge in [-0.1, -0.05) is 26.0 Å². The van der Waals surface area contributed by atoms with Crippen LogP contribution in [-0.2, 0) is 0 Å². The van der Waals surface area contributed by atoms with Crippen LogP contribution < -0.4 is 0 Å². The Labute approximate surface area is 57.0 Å². The van der Waals surface area contributed by atoms with Gasteiger partial charge in [0.15, 0.2) is 0 Å². The van der Waals surface area contributed by atoms with E-state index in [0.717, 1.165) is 17.8 Å². The van der Waals surface area contributed by atoms with Gasteiger partial charge in [-0.3, -0.25) is 0 Å². The van der Waals surface area contributed by atoms with Gasteiger partial charge in [0, 0.05) is 0 Å². The normalized spacial score (nSPS) is 48.9. The molecule has 0 nitrogen and oxygen atoms in total. The zero-order valence-corrected chi connectivity index (χ0v) is 6.09. The second-order valence-corrected chi connectivity index (χ2v) is 3.42. The maximum atomic E-state index is 2.39. The lowest BCUT2D eigenvalue weighted by Crippen LogP contribution is -2.10. The van der Waals surface area contributed by atoms with E-state index in [1.54, 1.807) is 5.92 Å². The van der Waals surface area contributed by atoms with Gasteiger partial charge in [-0.2, -0.15) is 0 Å². The maximum absolute atomic E-state index is 2.39. The van der Waals surface area contributed by atoms with E-state index in [-0.39, 0.29) is 0 Å². The highest BCUT2D eigenvalue weighted by Crippen LogP contribution is 2.48. The highest BCUT2D eigenvalue weighted by molar-refractivity contribution is 5.23. The van der Waals surface area contributed by atoms with Crippen molar-refractivity contribution < 1.29 is 0 Å². The van der Waals surface area contributed by atoms with Crippen LogP contribution in [0.15, 0.2) is 12.2 Å². The maximum Gasteiger partial charge on any atom is -0.0165 e. The summed E-state index contributed by atoms with van der Waals surface area (Å²) in [4.78, 5) is 0. The largest absolute Gasteiger partial charge is 0.0848 e. The van der Waals surface area contributed by atoms with Gasteiger partial charge in [0.25, 0.3) is 0 Å². The first-order valence-electron chi connectivity index (χ1n) is 3.80. The Morgan fingerprint density at radius 1 is 1.44 bits per heavy atom. The van der Waals surface area contributed by atoms with E-state index in [2.05, 4.69) is 26.0 Å². The quantitative estimate of drug-likeness (QED) is 0.432. The summed E-state index contributed by atoms with van der Waals surface area (Å²) in [5, 5.41) is 0. The van der Waals surface area contributed by atoms with Crippen LogP contribution in [0, 0.1) is 23.7 Å². The molecule has 0 heterocycles. The first kappa shape index (κ1) is 5.52. The number of hydrogen-bond acceptors (Lipinski definition) is 0. The third-order valence-electron chi connectivity index (χ3n) is 3.06. The van der Waals surface area contributed by atoms with E-state index in [1.165, 1.54) is 6.42 Å². The number of rotatable bonds is 0. The van der Waals surface area contributed by atoms with Crippen LogP contribution in [0.3, 0.4) is 0 Å². The molecule has 1 radical (unpaired) electrons. The summed E-state index contributed by atoms with van der Waals surface area (Å²) in [5.74, 6) is 4.34. The Balaban J connectivity index is 2.26. The van der Waals surface area contributed by atoms with Crippen molar-refractivity contribution in [1.82, 2.24) is 0 Å². The molecule has 9 heavy (non-hydrogen) atoms. The number of fused-ring (bicyclic) bond motifs is 2. The molecule has 0 aromatic carbocycles. The zero-order chi connectivity index (χ0) is 6.43. The van der Waals surface area contributed by atoms with Gasteiger partial charge in [-0.25, -0.2) is 0 Å². The Morgan fingerprint density at radius 2 is 2.22 bits per heavy atom. The molecule has 0 amide bonds. The van der Waals surface area contributed by atoms with Gasteiger partial charge in [-0.15, -0.1) is 0 Å². The second-order valence-electron chi connectivity index (χ2n) is 3.42. The van der Waals surface area contributed by atoms with Gasteiger partial charge in [0.1, 0.15) is 0 Å². The lowest BCUT2D eigenvalue weighted by molar-refractivity contribution is 0.522. The number of hydrogen-bond donors (Lipinski definition) is 0. The van der Waals surface area contributed by atoms with Crippen molar-refractivity contribution in [3.63, 3.8) is 0 Å². The molecule has 2 aliphatic rings. The molecule has 0 heteroatoms. The topological polar surface area (TPSA) is 0 Å². The van der Waals surface area contributed by atoms with Crippen LogP contribution in [0.4, 0.5) is 0 Å². The Kier molecular flexibility index (Phi) is 0.992. The van der Waals surface area contributed by atoms with Crippen LogP contribution in [0.2, 0.25) is 0 Å². The van der Waals surface area contributed by atoms with E-state index >= 15 is 0 Å². The lowest BCUT2D eigenvalue weighted by Gasteiger charge is -2.18. The molecule has 3 atom stereocenters. The van der Waals surface area contributed by atoms with E-state index < -0.39 is 0 Å². The van der Waals surface area contributed by atoms with Crippen LogP contribution >= 0.6 is 0 Å². The molecule has 1 fully saturated rings. The fourth-order valence-electron chi connectivity index (χ4n) is 2.11. The molecule has 0 saturated heterocycles. The molecule has 0 aliphatic heterocycles. The molecule has 49 valence electrons. The predicted molar refractivity (Wildman–Crippen MR) is 38.8 cm³/mol. The summed E-state index contributed by atoms with van der Waals surface area (Å²) < 4.78 is 0. The average molecular weight is 121 g/mol. The predicted octanol–water partition coefficient (Wildman–Crippen LogP) is 2.42. The summed E-state index contributed by atoms with van der Waals surface area (Å²) in [6, 6.07) is 0.